The molecule has 1 unspecified atom stereocenters. The average molecular weight is 334 g/mol. The highest BCUT2D eigenvalue weighted by Gasteiger charge is 2.42. The van der Waals surface area contributed by atoms with Crippen LogP contribution in [0.3, 0.4) is 0 Å². The first-order valence-electron chi connectivity index (χ1n) is 8.00. The van der Waals surface area contributed by atoms with Crippen LogP contribution in [0.1, 0.15) is 31.4 Å². The first-order valence-corrected chi connectivity index (χ1v) is 8.00. The predicted octanol–water partition coefficient (Wildman–Crippen LogP) is 2.12. The number of hydrogen-bond donors (Lipinski definition) is 2. The summed E-state index contributed by atoms with van der Waals surface area (Å²) in [6.45, 7) is 2.93. The summed E-state index contributed by atoms with van der Waals surface area (Å²) in [6, 6.07) is 4.67. The van der Waals surface area contributed by atoms with E-state index in [0.29, 0.717) is 25.9 Å². The molecule has 2 N–H and O–H groups in total. The predicted molar refractivity (Wildman–Crippen MR) is 85.2 cm³/mol. The molecule has 5 nitrogen and oxygen atoms in total. The molecule has 1 aliphatic rings. The van der Waals surface area contributed by atoms with Gasteiger partial charge in [0.05, 0.1) is 6.04 Å². The first kappa shape index (κ1) is 16.6. The third kappa shape index (κ3) is 2.91. The lowest BCUT2D eigenvalue weighted by Crippen LogP contribution is -2.55. The van der Waals surface area contributed by atoms with Crippen molar-refractivity contribution in [3.8, 4) is 0 Å². The van der Waals surface area contributed by atoms with Gasteiger partial charge in [0.25, 0.3) is 0 Å². The van der Waals surface area contributed by atoms with Crippen molar-refractivity contribution in [2.75, 3.05) is 13.1 Å². The number of piperidine rings is 1. The molecule has 0 spiro atoms. The van der Waals surface area contributed by atoms with Gasteiger partial charge in [0.2, 0.25) is 5.91 Å². The number of amides is 1. The van der Waals surface area contributed by atoms with Crippen molar-refractivity contribution in [1.82, 2.24) is 20.4 Å². The summed E-state index contributed by atoms with van der Waals surface area (Å²) in [5.74, 6) is -1.61. The zero-order valence-corrected chi connectivity index (χ0v) is 13.4. The van der Waals surface area contributed by atoms with Crippen LogP contribution >= 0.6 is 0 Å². The topological polar surface area (TPSA) is 59.0 Å². The Hall–Kier alpha value is -2.28. The van der Waals surface area contributed by atoms with Gasteiger partial charge in [0, 0.05) is 18.0 Å². The maximum absolute atomic E-state index is 13.9. The van der Waals surface area contributed by atoms with Crippen LogP contribution < -0.4 is 10.6 Å². The second kappa shape index (κ2) is 6.68. The number of hydrogen-bond acceptors (Lipinski definition) is 3. The molecule has 0 radical (unpaired) electrons. The van der Waals surface area contributed by atoms with E-state index in [4.69, 9.17) is 0 Å². The van der Waals surface area contributed by atoms with Crippen molar-refractivity contribution in [2.45, 2.75) is 31.3 Å². The van der Waals surface area contributed by atoms with Crippen LogP contribution in [0.25, 0.3) is 0 Å². The van der Waals surface area contributed by atoms with Crippen LogP contribution in [0.4, 0.5) is 8.78 Å². The van der Waals surface area contributed by atoms with Gasteiger partial charge in [-0.1, -0.05) is 6.07 Å². The molecule has 1 atom stereocenters. The van der Waals surface area contributed by atoms with Crippen LogP contribution in [0, 0.1) is 11.6 Å². The van der Waals surface area contributed by atoms with Gasteiger partial charge in [-0.15, -0.1) is 0 Å². The molecule has 0 bridgehead atoms. The number of carbonyl (C=O) groups excluding carboxylic acids is 1. The third-order valence-corrected chi connectivity index (χ3v) is 4.58. The monoisotopic (exact) mass is 334 g/mol. The third-order valence-electron chi connectivity index (χ3n) is 4.58. The molecule has 2 heterocycles. The second-order valence-electron chi connectivity index (χ2n) is 6.06. The SMILES string of the molecule is CC(NC(=O)C1(n2cccn2)CCNCC1)c1c(F)cccc1F. The van der Waals surface area contributed by atoms with E-state index < -0.39 is 23.2 Å². The minimum atomic E-state index is -0.843. The summed E-state index contributed by atoms with van der Waals surface area (Å²) in [4.78, 5) is 13.0. The normalized spacial score (nSPS) is 18.1. The number of rotatable bonds is 4. The average Bonchev–Trinajstić information content (AvgIpc) is 3.10. The number of halogens is 2. The lowest BCUT2D eigenvalue weighted by atomic mass is 9.87. The van der Waals surface area contributed by atoms with E-state index in [1.54, 1.807) is 30.1 Å². The Bertz CT molecular complexity index is 691. The van der Waals surface area contributed by atoms with Crippen molar-refractivity contribution in [2.24, 2.45) is 0 Å². The summed E-state index contributed by atoms with van der Waals surface area (Å²) in [5, 5.41) is 10.2. The number of benzene rings is 1. The Morgan fingerprint density at radius 3 is 2.54 bits per heavy atom. The summed E-state index contributed by atoms with van der Waals surface area (Å²) in [5.41, 5.74) is -0.972. The van der Waals surface area contributed by atoms with E-state index in [0.717, 1.165) is 0 Å². The highest BCUT2D eigenvalue weighted by atomic mass is 19.1. The molecular weight excluding hydrogens is 314 g/mol. The first-order chi connectivity index (χ1) is 11.5. The Morgan fingerprint density at radius 1 is 1.29 bits per heavy atom. The van der Waals surface area contributed by atoms with E-state index >= 15 is 0 Å². The van der Waals surface area contributed by atoms with Crippen LogP contribution in [0.15, 0.2) is 36.7 Å². The minimum absolute atomic E-state index is 0.129. The van der Waals surface area contributed by atoms with Crippen LogP contribution in [0.5, 0.6) is 0 Å². The van der Waals surface area contributed by atoms with Crippen LogP contribution in [0.2, 0.25) is 0 Å². The van der Waals surface area contributed by atoms with Gasteiger partial charge in [-0.2, -0.15) is 5.10 Å². The highest BCUT2D eigenvalue weighted by Crippen LogP contribution is 2.29. The second-order valence-corrected chi connectivity index (χ2v) is 6.06. The van der Waals surface area contributed by atoms with Gasteiger partial charge in [-0.25, -0.2) is 8.78 Å². The van der Waals surface area contributed by atoms with E-state index in [2.05, 4.69) is 15.7 Å². The molecule has 1 aromatic heterocycles. The number of nitrogens with zero attached hydrogens (tertiary/aromatic N) is 2. The number of aromatic nitrogens is 2. The zero-order chi connectivity index (χ0) is 17.2. The molecule has 0 aliphatic carbocycles. The van der Waals surface area contributed by atoms with E-state index in [-0.39, 0.29) is 11.5 Å². The molecular formula is C17H20F2N4O. The fraction of sp³-hybridized carbons (Fsp3) is 0.412. The largest absolute Gasteiger partial charge is 0.347 e. The highest BCUT2D eigenvalue weighted by molar-refractivity contribution is 5.85. The fourth-order valence-corrected chi connectivity index (χ4v) is 3.25. The molecule has 1 aromatic carbocycles. The Balaban J connectivity index is 1.86. The number of carbonyl (C=O) groups is 1. The molecule has 1 aliphatic heterocycles. The lowest BCUT2D eigenvalue weighted by Gasteiger charge is -2.37. The lowest BCUT2D eigenvalue weighted by molar-refractivity contribution is -0.132. The van der Waals surface area contributed by atoms with Gasteiger partial charge in [0.15, 0.2) is 0 Å². The molecule has 7 heteroatoms. The van der Waals surface area contributed by atoms with Gasteiger partial charge in [-0.05, 0) is 51.1 Å². The van der Waals surface area contributed by atoms with Gasteiger partial charge in [-0.3, -0.25) is 9.48 Å². The fourth-order valence-electron chi connectivity index (χ4n) is 3.25. The zero-order valence-electron chi connectivity index (χ0n) is 13.4. The summed E-state index contributed by atoms with van der Waals surface area (Å²) < 4.78 is 29.5. The van der Waals surface area contributed by atoms with E-state index in [1.807, 2.05) is 0 Å². The Kier molecular flexibility index (Phi) is 4.62. The molecule has 1 amide bonds. The molecule has 3 rings (SSSR count). The summed E-state index contributed by atoms with van der Waals surface area (Å²) in [6.07, 6.45) is 4.50. The van der Waals surface area contributed by atoms with Crippen molar-refractivity contribution in [3.63, 3.8) is 0 Å². The Morgan fingerprint density at radius 2 is 1.96 bits per heavy atom. The smallest absolute Gasteiger partial charge is 0.248 e. The maximum atomic E-state index is 13.9. The molecule has 128 valence electrons. The van der Waals surface area contributed by atoms with Crippen molar-refractivity contribution < 1.29 is 13.6 Å². The summed E-state index contributed by atoms with van der Waals surface area (Å²) >= 11 is 0. The molecule has 2 aromatic rings. The molecule has 1 saturated heterocycles. The van der Waals surface area contributed by atoms with Gasteiger partial charge >= 0.3 is 0 Å². The Labute approximate surface area is 139 Å². The number of nitrogens with one attached hydrogen (secondary N) is 2. The van der Waals surface area contributed by atoms with Crippen molar-refractivity contribution in [3.05, 3.63) is 53.9 Å². The van der Waals surface area contributed by atoms with Gasteiger partial charge in [0.1, 0.15) is 17.2 Å². The van der Waals surface area contributed by atoms with Gasteiger partial charge < -0.3 is 10.6 Å². The van der Waals surface area contributed by atoms with E-state index in [9.17, 15) is 13.6 Å². The summed E-state index contributed by atoms with van der Waals surface area (Å²) in [7, 11) is 0. The minimum Gasteiger partial charge on any atom is -0.347 e. The molecule has 24 heavy (non-hydrogen) atoms. The van der Waals surface area contributed by atoms with E-state index in [1.165, 1.54) is 18.2 Å². The van der Waals surface area contributed by atoms with Crippen LogP contribution in [-0.2, 0) is 10.3 Å². The maximum Gasteiger partial charge on any atom is 0.248 e. The van der Waals surface area contributed by atoms with Crippen LogP contribution in [-0.4, -0.2) is 28.8 Å². The molecule has 0 saturated carbocycles. The van der Waals surface area contributed by atoms with Crippen molar-refractivity contribution >= 4 is 5.91 Å². The molecule has 1 fully saturated rings. The quantitative estimate of drug-likeness (QED) is 0.900. The van der Waals surface area contributed by atoms with Crippen molar-refractivity contribution in [1.29, 1.82) is 0 Å². The standard InChI is InChI=1S/C17H20F2N4O/c1-12(15-13(18)4-2-5-14(15)19)22-16(24)17(6-9-20-10-7-17)23-11-3-8-21-23/h2-5,8,11-12,20H,6-7,9-10H2,1H3,(H,22,24).